The maximum atomic E-state index is 11.3. The van der Waals surface area contributed by atoms with E-state index in [-0.39, 0.29) is 17.3 Å². The maximum absolute atomic E-state index is 11.3. The lowest BCUT2D eigenvalue weighted by Gasteiger charge is -2.17. The highest BCUT2D eigenvalue weighted by molar-refractivity contribution is 5.95. The van der Waals surface area contributed by atoms with Gasteiger partial charge in [-0.25, -0.2) is 4.79 Å². The van der Waals surface area contributed by atoms with Crippen LogP contribution in [-0.2, 0) is 0 Å². The smallest absolute Gasteiger partial charge is 0.338 e. The summed E-state index contributed by atoms with van der Waals surface area (Å²) in [7, 11) is 0. The Balaban J connectivity index is 2.31. The topological polar surface area (TPSA) is 92.5 Å². The number of nitro benzene ring substituents is 1. The van der Waals surface area contributed by atoms with Gasteiger partial charge in [0.05, 0.1) is 10.5 Å². The molecule has 0 radical (unpaired) electrons. The van der Waals surface area contributed by atoms with Crippen molar-refractivity contribution < 1.29 is 14.8 Å². The second kappa shape index (κ2) is 6.04. The molecule has 0 aliphatic rings. The number of carboxylic acid groups (broad SMARTS) is 1. The van der Waals surface area contributed by atoms with E-state index in [0.29, 0.717) is 5.69 Å². The molecule has 0 spiro atoms. The first kappa shape index (κ1) is 14.5. The summed E-state index contributed by atoms with van der Waals surface area (Å²) in [5.74, 6) is -1.21. The Morgan fingerprint density at radius 3 is 2.48 bits per heavy atom. The molecule has 2 N–H and O–H groups in total. The zero-order chi connectivity index (χ0) is 15.4. The van der Waals surface area contributed by atoms with Crippen LogP contribution in [-0.4, -0.2) is 16.0 Å². The molecular formula is C15H14N2O4. The van der Waals surface area contributed by atoms with Crippen LogP contribution >= 0.6 is 0 Å². The normalized spacial score (nSPS) is 11.7. The molecule has 108 valence electrons. The lowest BCUT2D eigenvalue weighted by molar-refractivity contribution is -0.384. The Morgan fingerprint density at radius 1 is 1.24 bits per heavy atom. The van der Waals surface area contributed by atoms with Crippen molar-refractivity contribution in [3.63, 3.8) is 0 Å². The summed E-state index contributed by atoms with van der Waals surface area (Å²) >= 11 is 0. The van der Waals surface area contributed by atoms with Gasteiger partial charge in [-0.15, -0.1) is 0 Å². The first-order valence-electron chi connectivity index (χ1n) is 6.32. The predicted octanol–water partition coefficient (Wildman–Crippen LogP) is 3.47. The van der Waals surface area contributed by atoms with Crippen molar-refractivity contribution in [1.29, 1.82) is 0 Å². The monoisotopic (exact) mass is 286 g/mol. The van der Waals surface area contributed by atoms with Gasteiger partial charge in [-0.3, -0.25) is 10.1 Å². The number of nitrogens with one attached hydrogen (secondary N) is 1. The molecule has 2 rings (SSSR count). The second-order valence-electron chi connectivity index (χ2n) is 4.57. The Hall–Kier alpha value is -2.89. The van der Waals surface area contributed by atoms with Gasteiger partial charge in [0, 0.05) is 23.9 Å². The molecule has 0 aliphatic heterocycles. The zero-order valence-corrected chi connectivity index (χ0v) is 11.3. The van der Waals surface area contributed by atoms with Crippen molar-refractivity contribution >= 4 is 17.3 Å². The highest BCUT2D eigenvalue weighted by atomic mass is 16.6. The number of carbonyl (C=O) groups is 1. The molecule has 21 heavy (non-hydrogen) atoms. The van der Waals surface area contributed by atoms with E-state index in [0.717, 1.165) is 11.6 Å². The van der Waals surface area contributed by atoms with Gasteiger partial charge in [0.1, 0.15) is 0 Å². The van der Waals surface area contributed by atoms with Crippen LogP contribution in [0, 0.1) is 10.1 Å². The van der Waals surface area contributed by atoms with E-state index in [2.05, 4.69) is 5.32 Å². The summed E-state index contributed by atoms with van der Waals surface area (Å²) in [6.07, 6.45) is 0. The van der Waals surface area contributed by atoms with Crippen LogP contribution in [0.3, 0.4) is 0 Å². The molecule has 0 bridgehead atoms. The van der Waals surface area contributed by atoms with Gasteiger partial charge < -0.3 is 10.4 Å². The molecule has 0 saturated carbocycles. The molecule has 6 heteroatoms. The fourth-order valence-corrected chi connectivity index (χ4v) is 2.01. The van der Waals surface area contributed by atoms with Crippen LogP contribution in [0.5, 0.6) is 0 Å². The number of carboxylic acids is 1. The van der Waals surface area contributed by atoms with E-state index in [1.165, 1.54) is 12.1 Å². The number of anilines is 1. The van der Waals surface area contributed by atoms with Crippen molar-refractivity contribution in [3.05, 3.63) is 69.8 Å². The quantitative estimate of drug-likeness (QED) is 0.648. The van der Waals surface area contributed by atoms with E-state index < -0.39 is 10.9 Å². The summed E-state index contributed by atoms with van der Waals surface area (Å²) in [5.41, 5.74) is 0.980. The first-order chi connectivity index (χ1) is 9.99. The fourth-order valence-electron chi connectivity index (χ4n) is 2.01. The second-order valence-corrected chi connectivity index (χ2v) is 4.57. The zero-order valence-electron chi connectivity index (χ0n) is 11.3. The van der Waals surface area contributed by atoms with E-state index in [9.17, 15) is 20.0 Å². The standard InChI is InChI=1S/C15H14N2O4/c1-10(11-5-3-2-4-6-11)16-14-8-7-12(17(20)21)9-13(14)15(18)19/h2-10,16H,1H3,(H,18,19)/t10-/m1/s1. The van der Waals surface area contributed by atoms with Crippen molar-refractivity contribution in [3.8, 4) is 0 Å². The highest BCUT2D eigenvalue weighted by Crippen LogP contribution is 2.26. The minimum Gasteiger partial charge on any atom is -0.478 e. The minimum atomic E-state index is -1.21. The number of aromatic carboxylic acids is 1. The molecular weight excluding hydrogens is 272 g/mol. The molecule has 1 atom stereocenters. The summed E-state index contributed by atoms with van der Waals surface area (Å²) in [4.78, 5) is 21.4. The van der Waals surface area contributed by atoms with Gasteiger partial charge in [-0.1, -0.05) is 30.3 Å². The molecule has 0 amide bonds. The number of benzene rings is 2. The predicted molar refractivity (Wildman–Crippen MR) is 78.5 cm³/mol. The molecule has 0 aromatic heterocycles. The summed E-state index contributed by atoms with van der Waals surface area (Å²) in [5, 5.41) is 23.0. The Kier molecular flexibility index (Phi) is 4.18. The SMILES string of the molecule is C[C@@H](Nc1ccc([N+](=O)[O-])cc1C(=O)O)c1ccccc1. The average molecular weight is 286 g/mol. The van der Waals surface area contributed by atoms with Crippen LogP contribution in [0.4, 0.5) is 11.4 Å². The maximum Gasteiger partial charge on any atom is 0.338 e. The Morgan fingerprint density at radius 2 is 1.90 bits per heavy atom. The number of hydrogen-bond donors (Lipinski definition) is 2. The van der Waals surface area contributed by atoms with E-state index in [1.54, 1.807) is 0 Å². The van der Waals surface area contributed by atoms with Crippen molar-refractivity contribution in [2.45, 2.75) is 13.0 Å². The van der Waals surface area contributed by atoms with Crippen LogP contribution in [0.25, 0.3) is 0 Å². The van der Waals surface area contributed by atoms with Gasteiger partial charge >= 0.3 is 5.97 Å². The third-order valence-corrected chi connectivity index (χ3v) is 3.12. The van der Waals surface area contributed by atoms with Gasteiger partial charge in [0.15, 0.2) is 0 Å². The van der Waals surface area contributed by atoms with Crippen molar-refractivity contribution in [2.24, 2.45) is 0 Å². The summed E-state index contributed by atoms with van der Waals surface area (Å²) in [6, 6.07) is 13.2. The molecule has 0 saturated heterocycles. The number of rotatable bonds is 5. The van der Waals surface area contributed by atoms with Crippen LogP contribution < -0.4 is 5.32 Å². The largest absolute Gasteiger partial charge is 0.478 e. The molecule has 0 aliphatic carbocycles. The molecule has 0 heterocycles. The lowest BCUT2D eigenvalue weighted by Crippen LogP contribution is -2.11. The van der Waals surface area contributed by atoms with Gasteiger partial charge in [-0.05, 0) is 18.6 Å². The van der Waals surface area contributed by atoms with Crippen LogP contribution in [0.15, 0.2) is 48.5 Å². The molecule has 0 fully saturated rings. The molecule has 2 aromatic rings. The fraction of sp³-hybridized carbons (Fsp3) is 0.133. The third-order valence-electron chi connectivity index (χ3n) is 3.12. The Labute approximate surface area is 121 Å². The minimum absolute atomic E-state index is 0.119. The van der Waals surface area contributed by atoms with Gasteiger partial charge in [0.25, 0.3) is 5.69 Å². The van der Waals surface area contributed by atoms with E-state index >= 15 is 0 Å². The van der Waals surface area contributed by atoms with E-state index in [1.807, 2.05) is 37.3 Å². The van der Waals surface area contributed by atoms with Crippen molar-refractivity contribution in [1.82, 2.24) is 0 Å². The molecule has 0 unspecified atom stereocenters. The number of nitrogens with zero attached hydrogens (tertiary/aromatic N) is 1. The summed E-state index contributed by atoms with van der Waals surface area (Å²) in [6.45, 7) is 1.89. The Bertz CT molecular complexity index is 671. The molecule has 6 nitrogen and oxygen atoms in total. The lowest BCUT2D eigenvalue weighted by atomic mass is 10.1. The van der Waals surface area contributed by atoms with Crippen LogP contribution in [0.2, 0.25) is 0 Å². The van der Waals surface area contributed by atoms with Crippen molar-refractivity contribution in [2.75, 3.05) is 5.32 Å². The number of nitro groups is 1. The third kappa shape index (κ3) is 3.36. The van der Waals surface area contributed by atoms with Gasteiger partial charge in [0.2, 0.25) is 0 Å². The van der Waals surface area contributed by atoms with Gasteiger partial charge in [-0.2, -0.15) is 0 Å². The number of hydrogen-bond acceptors (Lipinski definition) is 4. The van der Waals surface area contributed by atoms with Crippen LogP contribution in [0.1, 0.15) is 28.9 Å². The molecule has 2 aromatic carbocycles. The first-order valence-corrected chi connectivity index (χ1v) is 6.32. The van der Waals surface area contributed by atoms with E-state index in [4.69, 9.17) is 0 Å². The highest BCUT2D eigenvalue weighted by Gasteiger charge is 2.17. The average Bonchev–Trinajstić information content (AvgIpc) is 2.48. The summed E-state index contributed by atoms with van der Waals surface area (Å²) < 4.78 is 0. The number of non-ortho nitro benzene ring substituents is 1.